The maximum atomic E-state index is 4.63. The van der Waals surface area contributed by atoms with Gasteiger partial charge in [0.05, 0.1) is 23.8 Å². The summed E-state index contributed by atoms with van der Waals surface area (Å²) in [6, 6.07) is 8.05. The Labute approximate surface area is 159 Å². The molecule has 8 heteroatoms. The van der Waals surface area contributed by atoms with Crippen LogP contribution in [-0.2, 0) is 0 Å². The fourth-order valence-electron chi connectivity index (χ4n) is 2.88. The molecular formula is C20H14N8. The monoisotopic (exact) mass is 366 g/mol. The van der Waals surface area contributed by atoms with Gasteiger partial charge in [-0.25, -0.2) is 19.9 Å². The predicted molar refractivity (Wildman–Crippen MR) is 104 cm³/mol. The summed E-state index contributed by atoms with van der Waals surface area (Å²) in [5, 5.41) is 0. The first kappa shape index (κ1) is 16.0. The Kier molecular flexibility index (Phi) is 3.91. The van der Waals surface area contributed by atoms with Crippen LogP contribution in [0.2, 0.25) is 0 Å². The van der Waals surface area contributed by atoms with Crippen LogP contribution in [0, 0.1) is 0 Å². The van der Waals surface area contributed by atoms with Crippen molar-refractivity contribution in [3.63, 3.8) is 0 Å². The molecule has 0 radical (unpaired) electrons. The van der Waals surface area contributed by atoms with E-state index in [4.69, 9.17) is 0 Å². The molecule has 28 heavy (non-hydrogen) atoms. The van der Waals surface area contributed by atoms with Crippen molar-refractivity contribution in [3.8, 4) is 45.6 Å². The van der Waals surface area contributed by atoms with E-state index < -0.39 is 0 Å². The largest absolute Gasteiger partial charge is 0.343 e. The number of H-pyrrole nitrogens is 2. The lowest BCUT2D eigenvalue weighted by Gasteiger charge is -2.01. The van der Waals surface area contributed by atoms with Crippen LogP contribution < -0.4 is 0 Å². The molecule has 4 aromatic heterocycles. The van der Waals surface area contributed by atoms with Crippen molar-refractivity contribution in [2.75, 3.05) is 0 Å². The molecule has 1 aromatic carbocycles. The summed E-state index contributed by atoms with van der Waals surface area (Å²) < 4.78 is 0. The van der Waals surface area contributed by atoms with Crippen molar-refractivity contribution in [2.24, 2.45) is 0 Å². The number of hydrogen-bond donors (Lipinski definition) is 2. The fourth-order valence-corrected chi connectivity index (χ4v) is 2.88. The smallest absolute Gasteiger partial charge is 0.158 e. The van der Waals surface area contributed by atoms with Crippen LogP contribution in [0.4, 0.5) is 0 Å². The van der Waals surface area contributed by atoms with Crippen molar-refractivity contribution < 1.29 is 0 Å². The minimum Gasteiger partial charge on any atom is -0.343 e. The lowest BCUT2D eigenvalue weighted by atomic mass is 10.1. The van der Waals surface area contributed by atoms with Crippen LogP contribution >= 0.6 is 0 Å². The summed E-state index contributed by atoms with van der Waals surface area (Å²) in [5.41, 5.74) is 5.01. The van der Waals surface area contributed by atoms with Crippen molar-refractivity contribution >= 4 is 0 Å². The molecule has 0 aliphatic heterocycles. The SMILES string of the molecule is c1cc(-c2c[nH]c(-c3cnccn3)n2)cc(-c2c[nH]c(-c3cnccn3)n2)c1. The van der Waals surface area contributed by atoms with E-state index in [2.05, 4.69) is 39.9 Å². The average Bonchev–Trinajstić information content (AvgIpc) is 3.46. The molecule has 2 N–H and O–H groups in total. The summed E-state index contributed by atoms with van der Waals surface area (Å²) in [7, 11) is 0. The maximum absolute atomic E-state index is 4.63. The molecule has 0 unspecified atom stereocenters. The van der Waals surface area contributed by atoms with Gasteiger partial charge in [-0.15, -0.1) is 0 Å². The third-order valence-corrected chi connectivity index (χ3v) is 4.22. The van der Waals surface area contributed by atoms with Gasteiger partial charge in [-0.3, -0.25) is 9.97 Å². The zero-order valence-electron chi connectivity index (χ0n) is 14.6. The average molecular weight is 366 g/mol. The summed E-state index contributed by atoms with van der Waals surface area (Å²) in [4.78, 5) is 32.3. The highest BCUT2D eigenvalue weighted by Gasteiger charge is 2.10. The zero-order chi connectivity index (χ0) is 18.8. The first-order valence-electron chi connectivity index (χ1n) is 8.61. The maximum Gasteiger partial charge on any atom is 0.158 e. The number of imidazole rings is 2. The molecule has 0 saturated carbocycles. The number of rotatable bonds is 4. The molecule has 0 aliphatic rings. The van der Waals surface area contributed by atoms with Crippen LogP contribution in [0.3, 0.4) is 0 Å². The van der Waals surface area contributed by atoms with Gasteiger partial charge in [0.15, 0.2) is 11.6 Å². The Bertz CT molecular complexity index is 1120. The second-order valence-corrected chi connectivity index (χ2v) is 6.03. The lowest BCUT2D eigenvalue weighted by molar-refractivity contribution is 1.16. The van der Waals surface area contributed by atoms with Crippen LogP contribution in [0.1, 0.15) is 0 Å². The number of aromatic amines is 2. The van der Waals surface area contributed by atoms with Crippen LogP contribution in [0.25, 0.3) is 45.6 Å². The van der Waals surface area contributed by atoms with E-state index in [0.29, 0.717) is 23.0 Å². The fraction of sp³-hybridized carbons (Fsp3) is 0. The van der Waals surface area contributed by atoms with E-state index in [0.717, 1.165) is 22.5 Å². The van der Waals surface area contributed by atoms with Crippen molar-refractivity contribution in [3.05, 3.63) is 73.8 Å². The van der Waals surface area contributed by atoms with Gasteiger partial charge in [-0.1, -0.05) is 18.2 Å². The highest BCUT2D eigenvalue weighted by atomic mass is 15.0. The molecule has 5 aromatic rings. The molecule has 5 rings (SSSR count). The second-order valence-electron chi connectivity index (χ2n) is 6.03. The predicted octanol–water partition coefficient (Wildman–Crippen LogP) is 3.38. The van der Waals surface area contributed by atoms with Gasteiger partial charge in [0.25, 0.3) is 0 Å². The molecule has 0 atom stereocenters. The first-order valence-corrected chi connectivity index (χ1v) is 8.61. The van der Waals surface area contributed by atoms with Gasteiger partial charge in [0, 0.05) is 48.3 Å². The van der Waals surface area contributed by atoms with Gasteiger partial charge in [0.1, 0.15) is 11.4 Å². The number of nitrogens with one attached hydrogen (secondary N) is 2. The van der Waals surface area contributed by atoms with Crippen LogP contribution in [-0.4, -0.2) is 39.9 Å². The van der Waals surface area contributed by atoms with E-state index in [1.165, 1.54) is 0 Å². The standard InChI is InChI=1S/C20H14N8/c1-2-13(15-11-25-19(27-15)17-9-21-4-6-23-17)8-14(3-1)16-12-26-20(28-16)18-10-22-5-7-24-18/h1-12H,(H,25,27)(H,26,28). The van der Waals surface area contributed by atoms with E-state index in [1.54, 1.807) is 37.2 Å². The molecule has 4 heterocycles. The number of benzene rings is 1. The van der Waals surface area contributed by atoms with Crippen molar-refractivity contribution in [2.45, 2.75) is 0 Å². The molecule has 0 fully saturated rings. The molecule has 0 amide bonds. The molecular weight excluding hydrogens is 352 g/mol. The molecule has 0 aliphatic carbocycles. The topological polar surface area (TPSA) is 109 Å². The summed E-state index contributed by atoms with van der Waals surface area (Å²) in [6.07, 6.45) is 13.6. The highest BCUT2D eigenvalue weighted by molar-refractivity contribution is 5.71. The second kappa shape index (κ2) is 6.84. The molecule has 8 nitrogen and oxygen atoms in total. The van der Waals surface area contributed by atoms with Crippen LogP contribution in [0.5, 0.6) is 0 Å². The Morgan fingerprint density at radius 1 is 0.607 bits per heavy atom. The van der Waals surface area contributed by atoms with E-state index >= 15 is 0 Å². The van der Waals surface area contributed by atoms with Gasteiger partial charge in [0.2, 0.25) is 0 Å². The lowest BCUT2D eigenvalue weighted by Crippen LogP contribution is -1.87. The van der Waals surface area contributed by atoms with Gasteiger partial charge < -0.3 is 9.97 Å². The Hall–Kier alpha value is -4.20. The molecule has 0 saturated heterocycles. The zero-order valence-corrected chi connectivity index (χ0v) is 14.6. The molecule has 134 valence electrons. The Balaban J connectivity index is 1.46. The number of nitrogens with zero attached hydrogens (tertiary/aromatic N) is 6. The van der Waals surface area contributed by atoms with E-state index in [9.17, 15) is 0 Å². The summed E-state index contributed by atoms with van der Waals surface area (Å²) in [5.74, 6) is 1.36. The Morgan fingerprint density at radius 3 is 1.61 bits per heavy atom. The van der Waals surface area contributed by atoms with Gasteiger partial charge in [-0.2, -0.15) is 0 Å². The highest BCUT2D eigenvalue weighted by Crippen LogP contribution is 2.26. The van der Waals surface area contributed by atoms with Gasteiger partial charge >= 0.3 is 0 Å². The third kappa shape index (κ3) is 3.03. The third-order valence-electron chi connectivity index (χ3n) is 4.22. The normalized spacial score (nSPS) is 10.9. The van der Waals surface area contributed by atoms with E-state index in [1.807, 2.05) is 36.7 Å². The molecule has 0 spiro atoms. The minimum absolute atomic E-state index is 0.679. The number of aromatic nitrogens is 8. The minimum atomic E-state index is 0.679. The summed E-state index contributed by atoms with van der Waals surface area (Å²) in [6.45, 7) is 0. The van der Waals surface area contributed by atoms with Crippen molar-refractivity contribution in [1.82, 2.24) is 39.9 Å². The quantitative estimate of drug-likeness (QED) is 0.505. The number of hydrogen-bond acceptors (Lipinski definition) is 6. The first-order chi connectivity index (χ1) is 13.9. The van der Waals surface area contributed by atoms with Crippen molar-refractivity contribution in [1.29, 1.82) is 0 Å². The van der Waals surface area contributed by atoms with E-state index in [-0.39, 0.29) is 0 Å². The van der Waals surface area contributed by atoms with Gasteiger partial charge in [-0.05, 0) is 6.07 Å². The molecule has 0 bridgehead atoms. The summed E-state index contributed by atoms with van der Waals surface area (Å²) >= 11 is 0. The van der Waals surface area contributed by atoms with Crippen LogP contribution in [0.15, 0.2) is 73.8 Å². The Morgan fingerprint density at radius 2 is 1.14 bits per heavy atom.